The zero-order chi connectivity index (χ0) is 15.1. The van der Waals surface area contributed by atoms with Crippen LogP contribution in [0.15, 0.2) is 18.2 Å². The van der Waals surface area contributed by atoms with Crippen molar-refractivity contribution in [2.45, 2.75) is 32.7 Å². The lowest BCUT2D eigenvalue weighted by molar-refractivity contribution is 0.0747. The smallest absolute Gasteiger partial charge is 0.256 e. The zero-order valence-corrected chi connectivity index (χ0v) is 12.1. The lowest BCUT2D eigenvalue weighted by Crippen LogP contribution is -2.35. The van der Waals surface area contributed by atoms with Crippen LogP contribution in [-0.2, 0) is 0 Å². The molecule has 1 aromatic rings. The normalized spacial score (nSPS) is 11.6. The SMILES string of the molecule is CCCNc1c(F)cccc1C(=O)N(C)C(C)CC#N. The third kappa shape index (κ3) is 3.70. The van der Waals surface area contributed by atoms with E-state index in [2.05, 4.69) is 5.32 Å². The van der Waals surface area contributed by atoms with E-state index in [9.17, 15) is 9.18 Å². The molecule has 4 nitrogen and oxygen atoms in total. The standard InChI is InChI=1S/C15H20FN3O/c1-4-10-18-14-12(6-5-7-13(14)16)15(20)19(3)11(2)8-9-17/h5-7,11,18H,4,8,10H2,1-3H3. The lowest BCUT2D eigenvalue weighted by atomic mass is 10.1. The maximum absolute atomic E-state index is 13.9. The van der Waals surface area contributed by atoms with Gasteiger partial charge in [0, 0.05) is 19.6 Å². The second-order valence-electron chi connectivity index (χ2n) is 4.72. The summed E-state index contributed by atoms with van der Waals surface area (Å²) in [7, 11) is 1.62. The molecule has 1 rings (SSSR count). The Kier molecular flexibility index (Phi) is 5.98. The van der Waals surface area contributed by atoms with Crippen LogP contribution in [0.2, 0.25) is 0 Å². The van der Waals surface area contributed by atoms with Crippen molar-refractivity contribution in [3.05, 3.63) is 29.6 Å². The van der Waals surface area contributed by atoms with Gasteiger partial charge in [-0.05, 0) is 25.5 Å². The number of nitrogens with zero attached hydrogens (tertiary/aromatic N) is 2. The molecule has 0 fully saturated rings. The molecule has 0 saturated heterocycles. The number of anilines is 1. The number of carbonyl (C=O) groups is 1. The van der Waals surface area contributed by atoms with Gasteiger partial charge in [-0.3, -0.25) is 4.79 Å². The lowest BCUT2D eigenvalue weighted by Gasteiger charge is -2.24. The van der Waals surface area contributed by atoms with Gasteiger partial charge in [0.1, 0.15) is 5.82 Å². The van der Waals surface area contributed by atoms with Crippen LogP contribution in [0.1, 0.15) is 37.0 Å². The summed E-state index contributed by atoms with van der Waals surface area (Å²) in [6, 6.07) is 6.26. The van der Waals surface area contributed by atoms with Crippen LogP contribution < -0.4 is 5.32 Å². The van der Waals surface area contributed by atoms with Gasteiger partial charge in [-0.25, -0.2) is 4.39 Å². The molecule has 0 aliphatic heterocycles. The Balaban J connectivity index is 3.03. The molecule has 0 aliphatic carbocycles. The van der Waals surface area contributed by atoms with Crippen molar-refractivity contribution in [3.8, 4) is 6.07 Å². The van der Waals surface area contributed by atoms with Crippen LogP contribution >= 0.6 is 0 Å². The number of nitrogens with one attached hydrogen (secondary N) is 1. The van der Waals surface area contributed by atoms with Crippen LogP contribution in [0.5, 0.6) is 0 Å². The van der Waals surface area contributed by atoms with Gasteiger partial charge in [-0.2, -0.15) is 5.26 Å². The van der Waals surface area contributed by atoms with Crippen molar-refractivity contribution in [1.82, 2.24) is 4.90 Å². The van der Waals surface area contributed by atoms with Crippen molar-refractivity contribution in [2.24, 2.45) is 0 Å². The average Bonchev–Trinajstić information content (AvgIpc) is 2.44. The van der Waals surface area contributed by atoms with Crippen LogP contribution in [0.4, 0.5) is 10.1 Å². The van der Waals surface area contributed by atoms with E-state index in [-0.39, 0.29) is 24.1 Å². The topological polar surface area (TPSA) is 56.1 Å². The van der Waals surface area contributed by atoms with E-state index in [0.717, 1.165) is 6.42 Å². The summed E-state index contributed by atoms with van der Waals surface area (Å²) in [6.45, 7) is 4.36. The minimum atomic E-state index is -0.439. The number of halogens is 1. The van der Waals surface area contributed by atoms with Crippen molar-refractivity contribution in [3.63, 3.8) is 0 Å². The summed E-state index contributed by atoms with van der Waals surface area (Å²) in [4.78, 5) is 13.9. The highest BCUT2D eigenvalue weighted by molar-refractivity contribution is 5.99. The van der Waals surface area contributed by atoms with Crippen molar-refractivity contribution in [2.75, 3.05) is 18.9 Å². The maximum Gasteiger partial charge on any atom is 0.256 e. The summed E-state index contributed by atoms with van der Waals surface area (Å²) in [5, 5.41) is 11.6. The first-order valence-corrected chi connectivity index (χ1v) is 6.69. The van der Waals surface area contributed by atoms with E-state index in [1.807, 2.05) is 13.0 Å². The number of nitriles is 1. The fourth-order valence-electron chi connectivity index (χ4n) is 1.79. The Bertz CT molecular complexity index is 510. The Morgan fingerprint density at radius 2 is 2.25 bits per heavy atom. The minimum Gasteiger partial charge on any atom is -0.382 e. The molecule has 5 heteroatoms. The highest BCUT2D eigenvalue weighted by atomic mass is 19.1. The first kappa shape index (κ1) is 16.0. The quantitative estimate of drug-likeness (QED) is 0.869. The highest BCUT2D eigenvalue weighted by Crippen LogP contribution is 2.22. The Morgan fingerprint density at radius 1 is 1.55 bits per heavy atom. The molecule has 1 N–H and O–H groups in total. The molecular formula is C15H20FN3O. The molecule has 20 heavy (non-hydrogen) atoms. The number of hydrogen-bond acceptors (Lipinski definition) is 3. The first-order chi connectivity index (χ1) is 9.52. The van der Waals surface area contributed by atoms with Crippen molar-refractivity contribution in [1.29, 1.82) is 5.26 Å². The van der Waals surface area contributed by atoms with E-state index in [0.29, 0.717) is 12.1 Å². The second-order valence-corrected chi connectivity index (χ2v) is 4.72. The fourth-order valence-corrected chi connectivity index (χ4v) is 1.79. The second kappa shape index (κ2) is 7.49. The minimum absolute atomic E-state index is 0.213. The largest absolute Gasteiger partial charge is 0.382 e. The molecule has 0 aromatic heterocycles. The van der Waals surface area contributed by atoms with Crippen LogP contribution in [0.3, 0.4) is 0 Å². The van der Waals surface area contributed by atoms with E-state index < -0.39 is 5.82 Å². The molecule has 0 saturated carbocycles. The van der Waals surface area contributed by atoms with Gasteiger partial charge < -0.3 is 10.2 Å². The number of hydrogen-bond donors (Lipinski definition) is 1. The van der Waals surface area contributed by atoms with Gasteiger partial charge >= 0.3 is 0 Å². The molecule has 1 amide bonds. The molecular weight excluding hydrogens is 257 g/mol. The fraction of sp³-hybridized carbons (Fsp3) is 0.467. The maximum atomic E-state index is 13.9. The third-order valence-electron chi connectivity index (χ3n) is 3.16. The third-order valence-corrected chi connectivity index (χ3v) is 3.16. The van der Waals surface area contributed by atoms with Gasteiger partial charge in [0.15, 0.2) is 0 Å². The van der Waals surface area contributed by atoms with E-state index in [1.165, 1.54) is 17.0 Å². The van der Waals surface area contributed by atoms with E-state index >= 15 is 0 Å². The number of rotatable bonds is 6. The van der Waals surface area contributed by atoms with Crippen LogP contribution in [0, 0.1) is 17.1 Å². The van der Waals surface area contributed by atoms with E-state index in [4.69, 9.17) is 5.26 Å². The Morgan fingerprint density at radius 3 is 2.85 bits per heavy atom. The monoisotopic (exact) mass is 277 g/mol. The molecule has 0 aliphatic rings. The number of benzene rings is 1. The van der Waals surface area contributed by atoms with Gasteiger partial charge in [-0.1, -0.05) is 13.0 Å². The molecule has 1 unspecified atom stereocenters. The first-order valence-electron chi connectivity index (χ1n) is 6.69. The molecule has 0 radical (unpaired) electrons. The molecule has 1 aromatic carbocycles. The predicted octanol–water partition coefficient (Wildman–Crippen LogP) is 3.02. The summed E-state index contributed by atoms with van der Waals surface area (Å²) < 4.78 is 13.9. The van der Waals surface area contributed by atoms with E-state index in [1.54, 1.807) is 20.0 Å². The Labute approximate surface area is 119 Å². The van der Waals surface area contributed by atoms with Gasteiger partial charge in [0.2, 0.25) is 0 Å². The zero-order valence-electron chi connectivity index (χ0n) is 12.1. The molecule has 0 heterocycles. The van der Waals surface area contributed by atoms with Crippen LogP contribution in [-0.4, -0.2) is 30.4 Å². The summed E-state index contributed by atoms with van der Waals surface area (Å²) >= 11 is 0. The predicted molar refractivity (Wildman–Crippen MR) is 77.0 cm³/mol. The number of amides is 1. The summed E-state index contributed by atoms with van der Waals surface area (Å²) in [6.07, 6.45) is 1.08. The molecule has 1 atom stereocenters. The Hall–Kier alpha value is -2.09. The summed E-state index contributed by atoms with van der Waals surface area (Å²) in [5.74, 6) is -0.725. The number of carbonyl (C=O) groups excluding carboxylic acids is 1. The number of para-hydroxylation sites is 1. The van der Waals surface area contributed by atoms with Crippen molar-refractivity contribution >= 4 is 11.6 Å². The van der Waals surface area contributed by atoms with Gasteiger partial charge in [0.05, 0.1) is 23.7 Å². The highest BCUT2D eigenvalue weighted by Gasteiger charge is 2.21. The van der Waals surface area contributed by atoms with Crippen molar-refractivity contribution < 1.29 is 9.18 Å². The summed E-state index contributed by atoms with van der Waals surface area (Å²) in [5.41, 5.74) is 0.529. The average molecular weight is 277 g/mol. The molecule has 108 valence electrons. The van der Waals surface area contributed by atoms with Crippen LogP contribution in [0.25, 0.3) is 0 Å². The van der Waals surface area contributed by atoms with Gasteiger partial charge in [-0.15, -0.1) is 0 Å². The van der Waals surface area contributed by atoms with Gasteiger partial charge in [0.25, 0.3) is 5.91 Å². The molecule has 0 bridgehead atoms. The molecule has 0 spiro atoms.